The summed E-state index contributed by atoms with van der Waals surface area (Å²) in [5, 5.41) is 7.06. The minimum Gasteiger partial charge on any atom is -0.381 e. The Balaban J connectivity index is 1.27. The van der Waals surface area contributed by atoms with Gasteiger partial charge in [0.15, 0.2) is 5.96 Å². The minimum atomic E-state index is 0.501. The van der Waals surface area contributed by atoms with Crippen LogP contribution in [0.15, 0.2) is 65.7 Å². The second-order valence-corrected chi connectivity index (χ2v) is 8.50. The van der Waals surface area contributed by atoms with Crippen LogP contribution in [0.5, 0.6) is 0 Å². The van der Waals surface area contributed by atoms with E-state index in [0.29, 0.717) is 6.04 Å². The molecular formula is C27H40N4O. The number of ether oxygens (including phenoxy) is 1. The Hall–Kier alpha value is -2.37. The van der Waals surface area contributed by atoms with Crippen LogP contribution in [0.2, 0.25) is 0 Å². The van der Waals surface area contributed by atoms with Gasteiger partial charge in [0, 0.05) is 45.4 Å². The number of unbranched alkanes of at least 4 members (excludes halogenated alkanes) is 1. The number of aliphatic imine (C=N–C) groups is 1. The topological polar surface area (TPSA) is 48.9 Å². The highest BCUT2D eigenvalue weighted by Crippen LogP contribution is 2.13. The van der Waals surface area contributed by atoms with E-state index in [1.165, 1.54) is 11.1 Å². The molecule has 32 heavy (non-hydrogen) atoms. The molecule has 0 aliphatic carbocycles. The zero-order valence-corrected chi connectivity index (χ0v) is 19.6. The Morgan fingerprint density at radius 1 is 0.938 bits per heavy atom. The lowest BCUT2D eigenvalue weighted by molar-refractivity contribution is 0.134. The van der Waals surface area contributed by atoms with Crippen LogP contribution < -0.4 is 10.6 Å². The maximum absolute atomic E-state index is 5.78. The third-order valence-electron chi connectivity index (χ3n) is 5.87. The van der Waals surface area contributed by atoms with E-state index in [1.54, 1.807) is 0 Å². The number of rotatable bonds is 12. The summed E-state index contributed by atoms with van der Waals surface area (Å²) >= 11 is 0. The molecular weight excluding hydrogens is 396 g/mol. The van der Waals surface area contributed by atoms with Crippen molar-refractivity contribution in [3.63, 3.8) is 0 Å². The third kappa shape index (κ3) is 9.41. The van der Waals surface area contributed by atoms with Gasteiger partial charge in [-0.2, -0.15) is 0 Å². The first kappa shape index (κ1) is 24.3. The molecule has 3 rings (SSSR count). The minimum absolute atomic E-state index is 0.501. The highest BCUT2D eigenvalue weighted by Gasteiger charge is 2.19. The van der Waals surface area contributed by atoms with Crippen LogP contribution in [0.25, 0.3) is 0 Å². The molecule has 0 aromatic heterocycles. The molecule has 0 spiro atoms. The number of nitrogens with one attached hydrogen (secondary N) is 2. The predicted molar refractivity (Wildman–Crippen MR) is 134 cm³/mol. The fraction of sp³-hybridized carbons (Fsp3) is 0.519. The van der Waals surface area contributed by atoms with Crippen LogP contribution in [-0.2, 0) is 17.7 Å². The van der Waals surface area contributed by atoms with E-state index in [0.717, 1.165) is 84.0 Å². The largest absolute Gasteiger partial charge is 0.381 e. The van der Waals surface area contributed by atoms with E-state index in [1.807, 2.05) is 0 Å². The average Bonchev–Trinajstić information content (AvgIpc) is 2.83. The first-order chi connectivity index (χ1) is 15.8. The van der Waals surface area contributed by atoms with Crippen molar-refractivity contribution in [1.29, 1.82) is 0 Å². The Kier molecular flexibility index (Phi) is 11.1. The third-order valence-corrected chi connectivity index (χ3v) is 5.87. The molecule has 5 nitrogen and oxygen atoms in total. The number of benzene rings is 2. The average molecular weight is 437 g/mol. The summed E-state index contributed by atoms with van der Waals surface area (Å²) in [7, 11) is 0. The normalized spacial score (nSPS) is 15.6. The van der Waals surface area contributed by atoms with E-state index in [9.17, 15) is 0 Å². The van der Waals surface area contributed by atoms with Crippen molar-refractivity contribution in [2.75, 3.05) is 39.4 Å². The summed E-state index contributed by atoms with van der Waals surface area (Å²) in [6.07, 6.45) is 5.41. The van der Waals surface area contributed by atoms with Crippen molar-refractivity contribution in [3.05, 3.63) is 71.8 Å². The summed E-state index contributed by atoms with van der Waals surface area (Å²) < 4.78 is 5.78. The lowest BCUT2D eigenvalue weighted by Gasteiger charge is -2.33. The van der Waals surface area contributed by atoms with Gasteiger partial charge in [0.2, 0.25) is 0 Å². The van der Waals surface area contributed by atoms with E-state index < -0.39 is 0 Å². The Labute approximate surface area is 194 Å². The molecule has 0 atom stereocenters. The summed E-state index contributed by atoms with van der Waals surface area (Å²) in [6, 6.07) is 21.8. The summed E-state index contributed by atoms with van der Waals surface area (Å²) in [5.41, 5.74) is 2.74. The van der Waals surface area contributed by atoms with Crippen molar-refractivity contribution in [2.45, 2.75) is 51.6 Å². The van der Waals surface area contributed by atoms with Gasteiger partial charge in [-0.05, 0) is 50.2 Å². The fourth-order valence-electron chi connectivity index (χ4n) is 4.03. The van der Waals surface area contributed by atoms with Gasteiger partial charge in [0.1, 0.15) is 0 Å². The van der Waals surface area contributed by atoms with Crippen LogP contribution >= 0.6 is 0 Å². The second kappa shape index (κ2) is 14.6. The first-order valence-corrected chi connectivity index (χ1v) is 12.3. The van der Waals surface area contributed by atoms with Crippen molar-refractivity contribution in [1.82, 2.24) is 15.5 Å². The Bertz CT molecular complexity index is 758. The second-order valence-electron chi connectivity index (χ2n) is 8.50. The van der Waals surface area contributed by atoms with Crippen LogP contribution in [0.4, 0.5) is 0 Å². The van der Waals surface area contributed by atoms with Gasteiger partial charge < -0.3 is 15.4 Å². The molecule has 0 unspecified atom stereocenters. The van der Waals surface area contributed by atoms with Crippen molar-refractivity contribution >= 4 is 5.96 Å². The molecule has 0 bridgehead atoms. The monoisotopic (exact) mass is 436 g/mol. The molecule has 2 N–H and O–H groups in total. The molecule has 2 aromatic rings. The van der Waals surface area contributed by atoms with Crippen molar-refractivity contribution < 1.29 is 4.74 Å². The number of piperidine rings is 1. The number of guanidine groups is 1. The van der Waals surface area contributed by atoms with Gasteiger partial charge in [-0.3, -0.25) is 9.89 Å². The molecule has 1 fully saturated rings. The van der Waals surface area contributed by atoms with Crippen molar-refractivity contribution in [2.24, 2.45) is 4.99 Å². The van der Waals surface area contributed by atoms with Gasteiger partial charge in [0.05, 0.1) is 6.61 Å². The lowest BCUT2D eigenvalue weighted by atomic mass is 10.0. The molecule has 5 heteroatoms. The number of likely N-dealkylation sites (tertiary alicyclic amines) is 1. The molecule has 2 aromatic carbocycles. The molecule has 1 aliphatic rings. The first-order valence-electron chi connectivity index (χ1n) is 12.3. The standard InChI is InChI=1S/C27H40N4O/c1-2-28-27(29-18-9-10-21-32-22-17-24-11-5-3-6-12-24)30-26-15-19-31(20-16-26)23-25-13-7-4-8-14-25/h3-8,11-14,26H,2,9-10,15-23H2,1H3,(H2,28,29,30). The van der Waals surface area contributed by atoms with Crippen molar-refractivity contribution in [3.8, 4) is 0 Å². The number of hydrogen-bond acceptors (Lipinski definition) is 3. The van der Waals surface area contributed by atoms with Crippen LogP contribution in [0.1, 0.15) is 43.7 Å². The summed E-state index contributed by atoms with van der Waals surface area (Å²) in [6.45, 7) is 8.77. The molecule has 0 radical (unpaired) electrons. The summed E-state index contributed by atoms with van der Waals surface area (Å²) in [5.74, 6) is 0.957. The Morgan fingerprint density at radius 2 is 1.62 bits per heavy atom. The number of hydrogen-bond donors (Lipinski definition) is 2. The molecule has 1 heterocycles. The van der Waals surface area contributed by atoms with Crippen LogP contribution in [0.3, 0.4) is 0 Å². The highest BCUT2D eigenvalue weighted by molar-refractivity contribution is 5.80. The molecule has 1 aliphatic heterocycles. The molecule has 0 amide bonds. The molecule has 174 valence electrons. The van der Waals surface area contributed by atoms with E-state index in [-0.39, 0.29) is 0 Å². The lowest BCUT2D eigenvalue weighted by Crippen LogP contribution is -2.48. The van der Waals surface area contributed by atoms with Gasteiger partial charge in [-0.15, -0.1) is 0 Å². The van der Waals surface area contributed by atoms with Gasteiger partial charge in [-0.25, -0.2) is 0 Å². The van der Waals surface area contributed by atoms with E-state index >= 15 is 0 Å². The molecule has 1 saturated heterocycles. The Morgan fingerprint density at radius 3 is 2.31 bits per heavy atom. The zero-order chi connectivity index (χ0) is 22.3. The summed E-state index contributed by atoms with van der Waals surface area (Å²) in [4.78, 5) is 7.34. The highest BCUT2D eigenvalue weighted by atomic mass is 16.5. The fourth-order valence-corrected chi connectivity index (χ4v) is 4.03. The maximum Gasteiger partial charge on any atom is 0.191 e. The quantitative estimate of drug-likeness (QED) is 0.297. The smallest absolute Gasteiger partial charge is 0.191 e. The molecule has 0 saturated carbocycles. The van der Waals surface area contributed by atoms with Crippen LogP contribution in [-0.4, -0.2) is 56.3 Å². The van der Waals surface area contributed by atoms with Crippen LogP contribution in [0, 0.1) is 0 Å². The zero-order valence-electron chi connectivity index (χ0n) is 19.6. The number of nitrogens with zero attached hydrogens (tertiary/aromatic N) is 2. The SMILES string of the molecule is CCNC(=NCCCCOCCc1ccccc1)NC1CCN(Cc2ccccc2)CC1. The van der Waals surface area contributed by atoms with Gasteiger partial charge >= 0.3 is 0 Å². The van der Waals surface area contributed by atoms with E-state index in [2.05, 4.69) is 83.1 Å². The maximum atomic E-state index is 5.78. The van der Waals surface area contributed by atoms with Gasteiger partial charge in [-0.1, -0.05) is 60.7 Å². The van der Waals surface area contributed by atoms with Gasteiger partial charge in [0.25, 0.3) is 0 Å². The van der Waals surface area contributed by atoms with E-state index in [4.69, 9.17) is 9.73 Å². The predicted octanol–water partition coefficient (Wildman–Crippen LogP) is 4.25.